The zero-order valence-electron chi connectivity index (χ0n) is 6.51. The Morgan fingerprint density at radius 1 is 1.73 bits per heavy atom. The monoisotopic (exact) mass is 170 g/mol. The second-order valence-electron chi connectivity index (χ2n) is 2.38. The Balaban J connectivity index is 2.62. The lowest BCUT2D eigenvalue weighted by molar-refractivity contribution is 0.566. The maximum atomic E-state index is 5.54. The molecule has 0 N–H and O–H groups in total. The topological polar surface area (TPSA) is 13.1 Å². The predicted octanol–water partition coefficient (Wildman–Crippen LogP) is 3.31. The second kappa shape index (κ2) is 4.24. The molecule has 0 aliphatic rings. The van der Waals surface area contributed by atoms with Crippen molar-refractivity contribution in [3.05, 3.63) is 30.2 Å². The van der Waals surface area contributed by atoms with Crippen LogP contribution < -0.4 is 0 Å². The summed E-state index contributed by atoms with van der Waals surface area (Å²) in [6.07, 6.45) is 6.43. The molecule has 0 amide bonds. The van der Waals surface area contributed by atoms with Crippen molar-refractivity contribution in [2.24, 2.45) is 0 Å². The van der Waals surface area contributed by atoms with Gasteiger partial charge in [-0.25, -0.2) is 0 Å². The van der Waals surface area contributed by atoms with Gasteiger partial charge in [0, 0.05) is 11.4 Å². The Hall–Kier alpha value is -0.690. The molecule has 0 fully saturated rings. The van der Waals surface area contributed by atoms with Crippen LogP contribution in [0.15, 0.2) is 29.1 Å². The highest BCUT2D eigenvalue weighted by Crippen LogP contribution is 2.14. The van der Waals surface area contributed by atoms with E-state index in [4.69, 9.17) is 16.0 Å². The lowest BCUT2D eigenvalue weighted by Crippen LogP contribution is -1.74. The van der Waals surface area contributed by atoms with Crippen LogP contribution in [0.25, 0.3) is 5.57 Å². The van der Waals surface area contributed by atoms with Gasteiger partial charge in [-0.2, -0.15) is 0 Å². The van der Waals surface area contributed by atoms with Gasteiger partial charge >= 0.3 is 0 Å². The third-order valence-electron chi connectivity index (χ3n) is 1.54. The van der Waals surface area contributed by atoms with E-state index >= 15 is 0 Å². The predicted molar refractivity (Wildman–Crippen MR) is 47.7 cm³/mol. The number of rotatable bonds is 3. The third-order valence-corrected chi connectivity index (χ3v) is 1.75. The number of furan rings is 1. The van der Waals surface area contributed by atoms with Crippen molar-refractivity contribution in [1.82, 2.24) is 0 Å². The molecule has 0 saturated heterocycles. The van der Waals surface area contributed by atoms with Crippen LogP contribution in [0.3, 0.4) is 0 Å². The fourth-order valence-electron chi connectivity index (χ4n) is 0.878. The minimum absolute atomic E-state index is 0.676. The summed E-state index contributed by atoms with van der Waals surface area (Å²) in [5, 5.41) is 0. The normalized spacial score (nSPS) is 12.0. The molecule has 0 unspecified atom stereocenters. The van der Waals surface area contributed by atoms with Gasteiger partial charge in [-0.15, -0.1) is 11.6 Å². The molecule has 2 heteroatoms. The van der Waals surface area contributed by atoms with E-state index in [1.807, 2.05) is 6.07 Å². The number of allylic oxidation sites excluding steroid dienone is 2. The first-order valence-electron chi connectivity index (χ1n) is 3.60. The molecule has 11 heavy (non-hydrogen) atoms. The molecular weight excluding hydrogens is 160 g/mol. The minimum atomic E-state index is 0.676. The van der Waals surface area contributed by atoms with Crippen molar-refractivity contribution in [2.45, 2.75) is 13.3 Å². The molecule has 0 aliphatic heterocycles. The van der Waals surface area contributed by atoms with Crippen molar-refractivity contribution < 1.29 is 4.42 Å². The van der Waals surface area contributed by atoms with Crippen LogP contribution >= 0.6 is 11.6 Å². The molecular formula is C9H11ClO. The number of hydrogen-bond donors (Lipinski definition) is 0. The lowest BCUT2D eigenvalue weighted by Gasteiger charge is -1.93. The van der Waals surface area contributed by atoms with Crippen molar-refractivity contribution in [2.75, 3.05) is 5.88 Å². The largest absolute Gasteiger partial charge is 0.472 e. The molecule has 0 aliphatic carbocycles. The van der Waals surface area contributed by atoms with Gasteiger partial charge in [0.15, 0.2) is 0 Å². The van der Waals surface area contributed by atoms with Crippen LogP contribution in [0.5, 0.6) is 0 Å². The quantitative estimate of drug-likeness (QED) is 0.635. The highest BCUT2D eigenvalue weighted by Gasteiger charge is 1.94. The maximum absolute atomic E-state index is 5.54. The molecule has 1 rings (SSSR count). The summed E-state index contributed by atoms with van der Waals surface area (Å²) in [5.41, 5.74) is 2.36. The summed E-state index contributed by atoms with van der Waals surface area (Å²) in [6.45, 7) is 2.05. The van der Waals surface area contributed by atoms with E-state index in [-0.39, 0.29) is 0 Å². The molecule has 60 valence electrons. The highest BCUT2D eigenvalue weighted by atomic mass is 35.5. The summed E-state index contributed by atoms with van der Waals surface area (Å²) in [7, 11) is 0. The van der Waals surface area contributed by atoms with Crippen LogP contribution in [0.4, 0.5) is 0 Å². The lowest BCUT2D eigenvalue weighted by atomic mass is 10.1. The van der Waals surface area contributed by atoms with Gasteiger partial charge in [0.25, 0.3) is 0 Å². The van der Waals surface area contributed by atoms with Gasteiger partial charge in [-0.3, -0.25) is 0 Å². The van der Waals surface area contributed by atoms with Crippen molar-refractivity contribution in [3.8, 4) is 0 Å². The summed E-state index contributed by atoms with van der Waals surface area (Å²) in [6, 6.07) is 1.94. The summed E-state index contributed by atoms with van der Waals surface area (Å²) < 4.78 is 4.94. The van der Waals surface area contributed by atoms with E-state index in [1.54, 1.807) is 12.5 Å². The van der Waals surface area contributed by atoms with Crippen molar-refractivity contribution >= 4 is 17.2 Å². The van der Waals surface area contributed by atoms with Gasteiger partial charge in [0.05, 0.1) is 12.5 Å². The number of halogens is 1. The average molecular weight is 171 g/mol. The molecule has 1 aromatic heterocycles. The molecule has 0 bridgehead atoms. The first-order chi connectivity index (χ1) is 5.34. The van der Waals surface area contributed by atoms with Crippen molar-refractivity contribution in [1.29, 1.82) is 0 Å². The van der Waals surface area contributed by atoms with Gasteiger partial charge in [0.1, 0.15) is 0 Å². The molecule has 1 nitrogen and oxygen atoms in total. The Labute approximate surface area is 71.7 Å². The Bertz CT molecular complexity index is 224. The van der Waals surface area contributed by atoms with Crippen molar-refractivity contribution in [3.63, 3.8) is 0 Å². The van der Waals surface area contributed by atoms with E-state index in [9.17, 15) is 0 Å². The molecule has 0 spiro atoms. The van der Waals surface area contributed by atoms with Gasteiger partial charge in [-0.05, 0) is 25.0 Å². The summed E-state index contributed by atoms with van der Waals surface area (Å²) in [5.74, 6) is 0.676. The SMILES string of the molecule is C/C(=C/CCCl)c1ccoc1. The van der Waals surface area contributed by atoms with Crippen LogP contribution in [0.2, 0.25) is 0 Å². The van der Waals surface area contributed by atoms with E-state index < -0.39 is 0 Å². The van der Waals surface area contributed by atoms with E-state index in [2.05, 4.69) is 13.0 Å². The third kappa shape index (κ3) is 2.43. The molecule has 0 atom stereocenters. The van der Waals surface area contributed by atoms with E-state index in [1.165, 1.54) is 5.57 Å². The molecule has 0 saturated carbocycles. The van der Waals surface area contributed by atoms with E-state index in [0.29, 0.717) is 5.88 Å². The van der Waals surface area contributed by atoms with Crippen LogP contribution in [0.1, 0.15) is 18.9 Å². The fraction of sp³-hybridized carbons (Fsp3) is 0.333. The summed E-state index contributed by atoms with van der Waals surface area (Å²) in [4.78, 5) is 0. The van der Waals surface area contributed by atoms with Gasteiger partial charge in [0.2, 0.25) is 0 Å². The number of alkyl halides is 1. The molecule has 1 heterocycles. The molecule has 1 aromatic rings. The van der Waals surface area contributed by atoms with E-state index in [0.717, 1.165) is 12.0 Å². The standard InChI is InChI=1S/C9H11ClO/c1-8(3-2-5-10)9-4-6-11-7-9/h3-4,6-7H,2,5H2,1H3/b8-3-. The Morgan fingerprint density at radius 3 is 3.09 bits per heavy atom. The average Bonchev–Trinajstić information content (AvgIpc) is 2.52. The van der Waals surface area contributed by atoms with Crippen LogP contribution in [-0.4, -0.2) is 5.88 Å². The first-order valence-corrected chi connectivity index (χ1v) is 4.13. The smallest absolute Gasteiger partial charge is 0.0977 e. The highest BCUT2D eigenvalue weighted by molar-refractivity contribution is 6.17. The Morgan fingerprint density at radius 2 is 2.55 bits per heavy atom. The van der Waals surface area contributed by atoms with Crippen LogP contribution in [-0.2, 0) is 0 Å². The Kier molecular flexibility index (Phi) is 3.24. The second-order valence-corrected chi connectivity index (χ2v) is 2.75. The van der Waals surface area contributed by atoms with Gasteiger partial charge < -0.3 is 4.42 Å². The zero-order valence-corrected chi connectivity index (χ0v) is 7.27. The van der Waals surface area contributed by atoms with Gasteiger partial charge in [-0.1, -0.05) is 6.08 Å². The fourth-order valence-corrected chi connectivity index (χ4v) is 0.987. The maximum Gasteiger partial charge on any atom is 0.0977 e. The number of hydrogen-bond acceptors (Lipinski definition) is 1. The summed E-state index contributed by atoms with van der Waals surface area (Å²) >= 11 is 5.54. The zero-order chi connectivity index (χ0) is 8.10. The minimum Gasteiger partial charge on any atom is -0.472 e. The van der Waals surface area contributed by atoms with Crippen LogP contribution in [0, 0.1) is 0 Å². The molecule has 0 aromatic carbocycles. The molecule has 0 radical (unpaired) electrons. The first kappa shape index (κ1) is 8.41.